The van der Waals surface area contributed by atoms with E-state index >= 15 is 0 Å². The summed E-state index contributed by atoms with van der Waals surface area (Å²) >= 11 is 0. The van der Waals surface area contributed by atoms with Gasteiger partial charge in [-0.2, -0.15) is 0 Å². The predicted molar refractivity (Wildman–Crippen MR) is 229 cm³/mol. The second kappa shape index (κ2) is 13.0. The van der Waals surface area contributed by atoms with Crippen LogP contribution >= 0.6 is 0 Å². The Bertz CT molecular complexity index is 3470. The molecular weight excluding hydrogens is 685 g/mol. The third-order valence-electron chi connectivity index (χ3n) is 10.4. The summed E-state index contributed by atoms with van der Waals surface area (Å²) in [5, 5.41) is 3.27. The fraction of sp³-hybridized carbons (Fsp3) is 0. The van der Waals surface area contributed by atoms with Crippen molar-refractivity contribution in [2.24, 2.45) is 0 Å². The molecular formula is C51H32N4O. The van der Waals surface area contributed by atoms with E-state index in [-0.39, 0.29) is 24.2 Å². The Hall–Kier alpha value is -7.63. The van der Waals surface area contributed by atoms with Crippen LogP contribution in [-0.2, 0) is 0 Å². The Kier molecular flexibility index (Phi) is 6.50. The first kappa shape index (κ1) is 27.9. The van der Waals surface area contributed by atoms with Gasteiger partial charge >= 0.3 is 0 Å². The van der Waals surface area contributed by atoms with Crippen LogP contribution in [0.4, 0.5) is 0 Å². The average Bonchev–Trinajstić information content (AvgIpc) is 3.86. The molecule has 0 saturated carbocycles. The van der Waals surface area contributed by atoms with Crippen molar-refractivity contribution in [2.75, 3.05) is 0 Å². The van der Waals surface area contributed by atoms with Crippen LogP contribution in [0.5, 0.6) is 0 Å². The number of furan rings is 1. The Morgan fingerprint density at radius 1 is 0.393 bits per heavy atom. The van der Waals surface area contributed by atoms with E-state index in [1.165, 1.54) is 0 Å². The summed E-state index contributed by atoms with van der Waals surface area (Å²) in [6.07, 6.45) is 0. The van der Waals surface area contributed by atoms with Crippen LogP contribution in [0, 0.1) is 0 Å². The molecule has 0 saturated heterocycles. The predicted octanol–water partition coefficient (Wildman–Crippen LogP) is 13.2. The molecule has 0 spiro atoms. The number of rotatable bonds is 6. The molecule has 0 amide bonds. The first-order valence-electron chi connectivity index (χ1n) is 20.4. The lowest BCUT2D eigenvalue weighted by Crippen LogP contribution is -2.00. The summed E-state index contributed by atoms with van der Waals surface area (Å²) in [7, 11) is 0. The molecule has 8 aromatic carbocycles. The summed E-state index contributed by atoms with van der Waals surface area (Å²) < 4.78 is 43.6. The minimum atomic E-state index is -0.283. The average molecular weight is 721 g/mol. The largest absolute Gasteiger partial charge is 0.456 e. The molecule has 11 aromatic rings. The van der Waals surface area contributed by atoms with Gasteiger partial charge in [-0.15, -0.1) is 0 Å². The number of benzene rings is 8. The van der Waals surface area contributed by atoms with E-state index in [2.05, 4.69) is 36.4 Å². The maximum absolute atomic E-state index is 9.14. The van der Waals surface area contributed by atoms with E-state index in [0.29, 0.717) is 28.4 Å². The molecule has 0 aliphatic carbocycles. The Labute approximate surface area is 328 Å². The van der Waals surface area contributed by atoms with Gasteiger partial charge < -0.3 is 8.98 Å². The molecule has 3 heterocycles. The second-order valence-electron chi connectivity index (χ2n) is 13.7. The highest BCUT2D eigenvalue weighted by atomic mass is 16.3. The molecule has 0 fully saturated rings. The van der Waals surface area contributed by atoms with Crippen LogP contribution in [0.3, 0.4) is 0 Å². The molecule has 11 rings (SSSR count). The number of aromatic nitrogens is 4. The van der Waals surface area contributed by atoms with E-state index < -0.39 is 0 Å². The van der Waals surface area contributed by atoms with Gasteiger partial charge in [0, 0.05) is 43.9 Å². The lowest BCUT2D eigenvalue weighted by molar-refractivity contribution is 0.669. The molecule has 0 unspecified atom stereocenters. The zero-order chi connectivity index (χ0) is 40.5. The topological polar surface area (TPSA) is 56.7 Å². The minimum absolute atomic E-state index is 0.0733. The van der Waals surface area contributed by atoms with Gasteiger partial charge in [-0.1, -0.05) is 139 Å². The molecule has 0 aliphatic heterocycles. The van der Waals surface area contributed by atoms with E-state index in [1.54, 1.807) is 0 Å². The fourth-order valence-electron chi connectivity index (χ4n) is 7.73. The molecule has 5 nitrogen and oxygen atoms in total. The van der Waals surface area contributed by atoms with Crippen LogP contribution in [0.1, 0.15) is 5.48 Å². The molecule has 0 atom stereocenters. The molecule has 3 aromatic heterocycles. The standard InChI is InChI=1S/C51H32N4O/c1-3-13-33(14-4-1)39-17-7-8-18-40(39)36-25-29-42-41-19-9-11-21-45(41)55(46(42)31-36)38-27-23-35(24-28-38)50-52-49(34-15-5-2-6-16-34)53-51(54-50)37-26-30-44-43-20-10-12-22-47(43)56-48(44)32-37/h1-32H/i9D,11D,19D,21D. The molecule has 0 radical (unpaired) electrons. The quantitative estimate of drug-likeness (QED) is 0.172. The van der Waals surface area contributed by atoms with E-state index in [4.69, 9.17) is 24.9 Å². The van der Waals surface area contributed by atoms with Gasteiger partial charge in [-0.25, -0.2) is 15.0 Å². The van der Waals surface area contributed by atoms with Crippen LogP contribution < -0.4 is 0 Å². The van der Waals surface area contributed by atoms with Crippen LogP contribution in [0.25, 0.3) is 106 Å². The molecule has 5 heteroatoms. The molecule has 56 heavy (non-hydrogen) atoms. The third-order valence-corrected chi connectivity index (χ3v) is 10.4. The van der Waals surface area contributed by atoms with Crippen molar-refractivity contribution >= 4 is 43.7 Å². The van der Waals surface area contributed by atoms with Gasteiger partial charge in [0.2, 0.25) is 0 Å². The minimum Gasteiger partial charge on any atom is -0.456 e. The SMILES string of the molecule is [2H]c1c([2H])c([2H])c2c(c1[2H])c1ccc(-c3ccccc3-c3ccccc3)cc1n2-c1ccc(-c2nc(-c3ccccc3)nc(-c3ccc4c(c3)oc3ccccc34)n2)cc1. The normalized spacial score (nSPS) is 12.6. The van der Waals surface area contributed by atoms with Gasteiger partial charge in [-0.05, 0) is 76.8 Å². The summed E-state index contributed by atoms with van der Waals surface area (Å²) in [5.41, 5.74) is 10.0. The summed E-state index contributed by atoms with van der Waals surface area (Å²) in [6.45, 7) is 0. The highest BCUT2D eigenvalue weighted by Crippen LogP contribution is 2.38. The lowest BCUT2D eigenvalue weighted by atomic mass is 9.94. The Morgan fingerprint density at radius 3 is 1.71 bits per heavy atom. The van der Waals surface area contributed by atoms with E-state index in [1.807, 2.05) is 138 Å². The van der Waals surface area contributed by atoms with Crippen molar-refractivity contribution in [1.29, 1.82) is 0 Å². The van der Waals surface area contributed by atoms with Gasteiger partial charge in [0.25, 0.3) is 0 Å². The third kappa shape index (κ3) is 5.37. The van der Waals surface area contributed by atoms with E-state index in [0.717, 1.165) is 77.5 Å². The van der Waals surface area contributed by atoms with Crippen molar-refractivity contribution in [3.63, 3.8) is 0 Å². The number of fused-ring (bicyclic) bond motifs is 6. The molecule has 0 N–H and O–H groups in total. The van der Waals surface area contributed by atoms with Gasteiger partial charge in [0.05, 0.1) is 16.5 Å². The van der Waals surface area contributed by atoms with Gasteiger partial charge in [0.1, 0.15) is 11.2 Å². The number of hydrogen-bond donors (Lipinski definition) is 0. The monoisotopic (exact) mass is 720 g/mol. The second-order valence-corrected chi connectivity index (χ2v) is 13.7. The first-order valence-corrected chi connectivity index (χ1v) is 18.4. The van der Waals surface area contributed by atoms with Gasteiger partial charge in [0.15, 0.2) is 17.5 Å². The smallest absolute Gasteiger partial charge is 0.164 e. The van der Waals surface area contributed by atoms with Crippen molar-refractivity contribution in [3.8, 4) is 62.1 Å². The highest BCUT2D eigenvalue weighted by Gasteiger charge is 2.17. The highest BCUT2D eigenvalue weighted by molar-refractivity contribution is 6.10. The van der Waals surface area contributed by atoms with Crippen molar-refractivity contribution in [2.45, 2.75) is 0 Å². The maximum Gasteiger partial charge on any atom is 0.164 e. The lowest BCUT2D eigenvalue weighted by Gasteiger charge is -2.13. The molecule has 0 aliphatic rings. The zero-order valence-electron chi connectivity index (χ0n) is 33.9. The summed E-state index contributed by atoms with van der Waals surface area (Å²) in [4.78, 5) is 14.9. The summed E-state index contributed by atoms with van der Waals surface area (Å²) in [5.74, 6) is 1.53. The zero-order valence-corrected chi connectivity index (χ0v) is 29.9. The number of hydrogen-bond acceptors (Lipinski definition) is 4. The van der Waals surface area contributed by atoms with Gasteiger partial charge in [-0.3, -0.25) is 0 Å². The maximum atomic E-state index is 9.14. The number of para-hydroxylation sites is 2. The fourth-order valence-corrected chi connectivity index (χ4v) is 7.73. The van der Waals surface area contributed by atoms with E-state index in [9.17, 15) is 0 Å². The Balaban J connectivity index is 1.08. The van der Waals surface area contributed by atoms with Crippen molar-refractivity contribution in [1.82, 2.24) is 19.5 Å². The molecule has 0 bridgehead atoms. The summed E-state index contributed by atoms with van der Waals surface area (Å²) in [6, 6.07) is 55.5. The van der Waals surface area contributed by atoms with Crippen LogP contribution in [-0.4, -0.2) is 19.5 Å². The van der Waals surface area contributed by atoms with Crippen LogP contribution in [0.2, 0.25) is 0 Å². The first-order chi connectivity index (χ1) is 29.4. The van der Waals surface area contributed by atoms with Crippen molar-refractivity contribution in [3.05, 3.63) is 194 Å². The Morgan fingerprint density at radius 2 is 0.946 bits per heavy atom. The van der Waals surface area contributed by atoms with Crippen molar-refractivity contribution < 1.29 is 9.90 Å². The molecule has 262 valence electrons. The van der Waals surface area contributed by atoms with Crippen LogP contribution in [0.15, 0.2) is 198 Å². The number of nitrogens with zero attached hydrogens (tertiary/aromatic N) is 4.